The van der Waals surface area contributed by atoms with Crippen molar-refractivity contribution >= 4 is 5.91 Å². The Hall–Kier alpha value is -0.610. The third-order valence-electron chi connectivity index (χ3n) is 4.00. The Morgan fingerprint density at radius 1 is 1.24 bits per heavy atom. The molecule has 2 N–H and O–H groups in total. The molecule has 98 valence electrons. The van der Waals surface area contributed by atoms with Crippen molar-refractivity contribution in [1.29, 1.82) is 0 Å². The van der Waals surface area contributed by atoms with Crippen molar-refractivity contribution in [1.82, 2.24) is 9.80 Å². The van der Waals surface area contributed by atoms with Gasteiger partial charge in [0.25, 0.3) is 0 Å². The summed E-state index contributed by atoms with van der Waals surface area (Å²) in [6, 6.07) is 0.828. The molecule has 1 aliphatic carbocycles. The van der Waals surface area contributed by atoms with Gasteiger partial charge in [-0.1, -0.05) is 13.8 Å². The number of carbonyl (C=O) groups excluding carboxylic acids is 1. The van der Waals surface area contributed by atoms with Gasteiger partial charge in [-0.3, -0.25) is 9.69 Å². The van der Waals surface area contributed by atoms with Crippen LogP contribution >= 0.6 is 0 Å². The van der Waals surface area contributed by atoms with Gasteiger partial charge >= 0.3 is 0 Å². The minimum Gasteiger partial charge on any atom is -0.340 e. The van der Waals surface area contributed by atoms with Crippen LogP contribution in [0.4, 0.5) is 0 Å². The first-order valence-electron chi connectivity index (χ1n) is 6.85. The average Bonchev–Trinajstić information content (AvgIpc) is 3.13. The van der Waals surface area contributed by atoms with Gasteiger partial charge in [0.1, 0.15) is 0 Å². The van der Waals surface area contributed by atoms with Crippen molar-refractivity contribution in [3.63, 3.8) is 0 Å². The zero-order valence-electron chi connectivity index (χ0n) is 11.1. The number of amides is 1. The van der Waals surface area contributed by atoms with Crippen molar-refractivity contribution < 1.29 is 4.79 Å². The molecule has 0 aromatic carbocycles. The molecule has 1 atom stereocenters. The van der Waals surface area contributed by atoms with E-state index in [0.29, 0.717) is 12.3 Å². The van der Waals surface area contributed by atoms with E-state index in [1.807, 2.05) is 4.90 Å². The molecule has 2 aliphatic rings. The number of piperazine rings is 1. The normalized spacial score (nSPS) is 24.1. The SMILES string of the molecule is CC(C)C(N)CC(=O)N1CCN(C2CC2)CC1. The first-order chi connectivity index (χ1) is 8.08. The fourth-order valence-electron chi connectivity index (χ4n) is 2.34. The Labute approximate surface area is 104 Å². The van der Waals surface area contributed by atoms with Gasteiger partial charge < -0.3 is 10.6 Å². The monoisotopic (exact) mass is 239 g/mol. The van der Waals surface area contributed by atoms with Gasteiger partial charge in [-0.25, -0.2) is 0 Å². The number of nitrogens with two attached hydrogens (primary N) is 1. The molecule has 1 saturated heterocycles. The van der Waals surface area contributed by atoms with E-state index in [0.717, 1.165) is 32.2 Å². The number of hydrogen-bond acceptors (Lipinski definition) is 3. The van der Waals surface area contributed by atoms with Crippen LogP contribution in [-0.2, 0) is 4.79 Å². The Kier molecular flexibility index (Phi) is 4.05. The summed E-state index contributed by atoms with van der Waals surface area (Å²) >= 11 is 0. The van der Waals surface area contributed by atoms with Crippen LogP contribution in [0.2, 0.25) is 0 Å². The van der Waals surface area contributed by atoms with E-state index in [2.05, 4.69) is 18.7 Å². The third-order valence-corrected chi connectivity index (χ3v) is 4.00. The number of nitrogens with zero attached hydrogens (tertiary/aromatic N) is 2. The molecule has 2 fully saturated rings. The molecule has 0 spiro atoms. The second kappa shape index (κ2) is 5.36. The smallest absolute Gasteiger partial charge is 0.224 e. The summed E-state index contributed by atoms with van der Waals surface area (Å²) in [5, 5.41) is 0. The van der Waals surface area contributed by atoms with Gasteiger partial charge in [-0.2, -0.15) is 0 Å². The van der Waals surface area contributed by atoms with Gasteiger partial charge in [-0.05, 0) is 18.8 Å². The van der Waals surface area contributed by atoms with Crippen LogP contribution in [0.5, 0.6) is 0 Å². The van der Waals surface area contributed by atoms with Gasteiger partial charge in [-0.15, -0.1) is 0 Å². The number of carbonyl (C=O) groups is 1. The standard InChI is InChI=1S/C13H25N3O/c1-10(2)12(14)9-13(17)16-7-5-15(6-8-16)11-3-4-11/h10-12H,3-9,14H2,1-2H3. The summed E-state index contributed by atoms with van der Waals surface area (Å²) in [7, 11) is 0. The minimum atomic E-state index is 0.00367. The van der Waals surface area contributed by atoms with Crippen molar-refractivity contribution in [2.75, 3.05) is 26.2 Å². The van der Waals surface area contributed by atoms with Crippen molar-refractivity contribution in [2.45, 2.75) is 45.2 Å². The maximum atomic E-state index is 12.0. The van der Waals surface area contributed by atoms with E-state index < -0.39 is 0 Å². The zero-order valence-corrected chi connectivity index (χ0v) is 11.1. The molecule has 4 heteroatoms. The summed E-state index contributed by atoms with van der Waals surface area (Å²) in [4.78, 5) is 16.5. The van der Waals surface area contributed by atoms with Gasteiger partial charge in [0.15, 0.2) is 0 Å². The van der Waals surface area contributed by atoms with E-state index in [-0.39, 0.29) is 11.9 Å². The highest BCUT2D eigenvalue weighted by atomic mass is 16.2. The summed E-state index contributed by atoms with van der Waals surface area (Å²) in [5.74, 6) is 0.619. The molecule has 1 heterocycles. The van der Waals surface area contributed by atoms with Crippen molar-refractivity contribution in [3.05, 3.63) is 0 Å². The molecule has 4 nitrogen and oxygen atoms in total. The van der Waals surface area contributed by atoms with Crippen LogP contribution < -0.4 is 5.73 Å². The zero-order chi connectivity index (χ0) is 12.4. The molecule has 0 aromatic heterocycles. The van der Waals surface area contributed by atoms with Crippen LogP contribution in [0.25, 0.3) is 0 Å². The molecular formula is C13H25N3O. The Balaban J connectivity index is 1.73. The van der Waals surface area contributed by atoms with Crippen molar-refractivity contribution in [3.8, 4) is 0 Å². The predicted octanol–water partition coefficient (Wildman–Crippen LogP) is 0.666. The maximum absolute atomic E-state index is 12.0. The summed E-state index contributed by atoms with van der Waals surface area (Å²) in [5.41, 5.74) is 5.95. The third kappa shape index (κ3) is 3.42. The molecule has 2 rings (SSSR count). The Morgan fingerprint density at radius 2 is 1.82 bits per heavy atom. The lowest BCUT2D eigenvalue weighted by Crippen LogP contribution is -2.50. The molecule has 1 aliphatic heterocycles. The van der Waals surface area contributed by atoms with Gasteiger partial charge in [0.2, 0.25) is 5.91 Å². The molecular weight excluding hydrogens is 214 g/mol. The summed E-state index contributed by atoms with van der Waals surface area (Å²) in [6.07, 6.45) is 3.21. The lowest BCUT2D eigenvalue weighted by molar-refractivity contribution is -0.133. The molecule has 0 aromatic rings. The minimum absolute atomic E-state index is 0.00367. The number of hydrogen-bond donors (Lipinski definition) is 1. The van der Waals surface area contributed by atoms with Crippen LogP contribution in [0.1, 0.15) is 33.1 Å². The van der Waals surface area contributed by atoms with Crippen LogP contribution in [0.15, 0.2) is 0 Å². The van der Waals surface area contributed by atoms with Crippen LogP contribution in [-0.4, -0.2) is 54.0 Å². The average molecular weight is 239 g/mol. The number of rotatable bonds is 4. The second-order valence-corrected chi connectivity index (χ2v) is 5.76. The largest absolute Gasteiger partial charge is 0.340 e. The fourth-order valence-corrected chi connectivity index (χ4v) is 2.34. The molecule has 1 unspecified atom stereocenters. The van der Waals surface area contributed by atoms with E-state index in [9.17, 15) is 4.79 Å². The summed E-state index contributed by atoms with van der Waals surface area (Å²) in [6.45, 7) is 8.02. The van der Waals surface area contributed by atoms with E-state index >= 15 is 0 Å². The lowest BCUT2D eigenvalue weighted by atomic mass is 10.0. The first kappa shape index (κ1) is 12.8. The van der Waals surface area contributed by atoms with Crippen LogP contribution in [0.3, 0.4) is 0 Å². The van der Waals surface area contributed by atoms with E-state index in [4.69, 9.17) is 5.73 Å². The first-order valence-corrected chi connectivity index (χ1v) is 6.85. The van der Waals surface area contributed by atoms with Crippen molar-refractivity contribution in [2.24, 2.45) is 11.7 Å². The molecule has 1 saturated carbocycles. The molecule has 0 bridgehead atoms. The fraction of sp³-hybridized carbons (Fsp3) is 0.923. The molecule has 1 amide bonds. The summed E-state index contributed by atoms with van der Waals surface area (Å²) < 4.78 is 0. The Morgan fingerprint density at radius 3 is 2.29 bits per heavy atom. The molecule has 17 heavy (non-hydrogen) atoms. The highest BCUT2D eigenvalue weighted by molar-refractivity contribution is 5.77. The predicted molar refractivity (Wildman–Crippen MR) is 68.6 cm³/mol. The second-order valence-electron chi connectivity index (χ2n) is 5.76. The highest BCUT2D eigenvalue weighted by Gasteiger charge is 2.32. The topological polar surface area (TPSA) is 49.6 Å². The Bertz CT molecular complexity index is 268. The van der Waals surface area contributed by atoms with E-state index in [1.54, 1.807) is 0 Å². The van der Waals surface area contributed by atoms with Gasteiger partial charge in [0, 0.05) is 44.7 Å². The lowest BCUT2D eigenvalue weighted by Gasteiger charge is -2.35. The quantitative estimate of drug-likeness (QED) is 0.784. The van der Waals surface area contributed by atoms with E-state index in [1.165, 1.54) is 12.8 Å². The maximum Gasteiger partial charge on any atom is 0.224 e. The molecule has 0 radical (unpaired) electrons. The highest BCUT2D eigenvalue weighted by Crippen LogP contribution is 2.27. The van der Waals surface area contributed by atoms with Crippen LogP contribution in [0, 0.1) is 5.92 Å². The van der Waals surface area contributed by atoms with Gasteiger partial charge in [0.05, 0.1) is 0 Å².